The Labute approximate surface area is 215 Å². The Morgan fingerprint density at radius 2 is 1.59 bits per heavy atom. The zero-order chi connectivity index (χ0) is 26.6. The summed E-state index contributed by atoms with van der Waals surface area (Å²) in [7, 11) is 0. The lowest BCUT2D eigenvalue weighted by Gasteiger charge is -2.29. The summed E-state index contributed by atoms with van der Waals surface area (Å²) in [5.74, 6) is -7.31. The zero-order valence-corrected chi connectivity index (χ0v) is 21.4. The first kappa shape index (κ1) is 27.8. The van der Waals surface area contributed by atoms with Crippen molar-refractivity contribution in [2.24, 2.45) is 0 Å². The summed E-state index contributed by atoms with van der Waals surface area (Å²) in [5.41, 5.74) is 0.720. The molecule has 2 aromatic rings. The first-order valence-corrected chi connectivity index (χ1v) is 13.2. The monoisotopic (exact) mass is 526 g/mol. The fourth-order valence-electron chi connectivity index (χ4n) is 5.25. The molecule has 4 atom stereocenters. The van der Waals surface area contributed by atoms with Gasteiger partial charge in [0.1, 0.15) is 5.82 Å². The van der Waals surface area contributed by atoms with Crippen LogP contribution in [-0.4, -0.2) is 38.0 Å². The third-order valence-electron chi connectivity index (χ3n) is 7.41. The number of rotatable bonds is 9. The molecule has 0 bridgehead atoms. The number of ether oxygens (including phenoxy) is 3. The van der Waals surface area contributed by atoms with Crippen molar-refractivity contribution < 1.29 is 36.2 Å². The van der Waals surface area contributed by atoms with Crippen LogP contribution in [0.2, 0.25) is 0 Å². The number of alkyl halides is 2. The van der Waals surface area contributed by atoms with E-state index in [1.807, 2.05) is 6.92 Å². The third-order valence-corrected chi connectivity index (χ3v) is 7.41. The van der Waals surface area contributed by atoms with Crippen molar-refractivity contribution in [2.45, 2.75) is 88.8 Å². The lowest BCUT2D eigenvalue weighted by molar-refractivity contribution is -0.0411. The topological polar surface area (TPSA) is 27.7 Å². The Hall–Kier alpha value is -2.19. The first-order valence-electron chi connectivity index (χ1n) is 13.2. The van der Waals surface area contributed by atoms with Crippen LogP contribution in [0.3, 0.4) is 0 Å². The standard InChI is InChI=1S/C29H35F5O3/c1-3-4-22-9-8-21(16-36-22)24-11-12-26(28(32)27(24)31)37-17-29(33,34)14-19-6-10-23(25(30)13-19)20-7-5-18(2)35-15-20/h6,10-13,18,20-22H,3-5,7-9,14-17H2,1-2H3. The van der Waals surface area contributed by atoms with Gasteiger partial charge in [0.15, 0.2) is 18.2 Å². The van der Waals surface area contributed by atoms with Crippen LogP contribution in [0, 0.1) is 17.5 Å². The van der Waals surface area contributed by atoms with E-state index < -0.39 is 42.2 Å². The van der Waals surface area contributed by atoms with Crippen molar-refractivity contribution in [2.75, 3.05) is 19.8 Å². The van der Waals surface area contributed by atoms with Gasteiger partial charge in [-0.2, -0.15) is 4.39 Å². The van der Waals surface area contributed by atoms with E-state index in [1.165, 1.54) is 24.3 Å². The van der Waals surface area contributed by atoms with Crippen molar-refractivity contribution in [1.82, 2.24) is 0 Å². The van der Waals surface area contributed by atoms with Gasteiger partial charge in [0, 0.05) is 18.3 Å². The lowest BCUT2D eigenvalue weighted by atomic mass is 9.90. The number of benzene rings is 2. The second-order valence-corrected chi connectivity index (χ2v) is 10.4. The molecular formula is C29H35F5O3. The third kappa shape index (κ3) is 7.02. The van der Waals surface area contributed by atoms with E-state index in [0.29, 0.717) is 25.2 Å². The number of halogens is 5. The smallest absolute Gasteiger partial charge is 0.285 e. The van der Waals surface area contributed by atoms with Crippen LogP contribution in [-0.2, 0) is 15.9 Å². The Kier molecular flexibility index (Phi) is 9.11. The lowest BCUT2D eigenvalue weighted by Crippen LogP contribution is -2.29. The van der Waals surface area contributed by atoms with Gasteiger partial charge in [-0.3, -0.25) is 0 Å². The Morgan fingerprint density at radius 1 is 0.892 bits per heavy atom. The van der Waals surface area contributed by atoms with Crippen LogP contribution in [0.5, 0.6) is 5.75 Å². The van der Waals surface area contributed by atoms with Crippen LogP contribution >= 0.6 is 0 Å². The van der Waals surface area contributed by atoms with Gasteiger partial charge < -0.3 is 14.2 Å². The summed E-state index contributed by atoms with van der Waals surface area (Å²) in [6, 6.07) is 6.66. The quantitative estimate of drug-likeness (QED) is 0.313. The summed E-state index contributed by atoms with van der Waals surface area (Å²) in [4.78, 5) is 0. The summed E-state index contributed by atoms with van der Waals surface area (Å²) < 4.78 is 89.7. The minimum absolute atomic E-state index is 0.0978. The molecule has 37 heavy (non-hydrogen) atoms. The average Bonchev–Trinajstić information content (AvgIpc) is 2.86. The molecule has 0 radical (unpaired) electrons. The van der Waals surface area contributed by atoms with Gasteiger partial charge in [0.05, 0.1) is 25.4 Å². The van der Waals surface area contributed by atoms with Gasteiger partial charge in [-0.15, -0.1) is 0 Å². The molecule has 0 aliphatic carbocycles. The van der Waals surface area contributed by atoms with E-state index in [1.54, 1.807) is 0 Å². The molecular weight excluding hydrogens is 491 g/mol. The molecule has 204 valence electrons. The van der Waals surface area contributed by atoms with Crippen molar-refractivity contribution in [1.29, 1.82) is 0 Å². The van der Waals surface area contributed by atoms with Crippen LogP contribution in [0.15, 0.2) is 30.3 Å². The fraction of sp³-hybridized carbons (Fsp3) is 0.586. The fourth-order valence-corrected chi connectivity index (χ4v) is 5.25. The maximum absolute atomic E-state index is 14.8. The van der Waals surface area contributed by atoms with Crippen LogP contribution in [0.1, 0.15) is 80.9 Å². The van der Waals surface area contributed by atoms with Crippen LogP contribution in [0.4, 0.5) is 22.0 Å². The predicted octanol–water partition coefficient (Wildman–Crippen LogP) is 7.71. The molecule has 0 saturated carbocycles. The molecule has 0 spiro atoms. The molecule has 4 unspecified atom stereocenters. The van der Waals surface area contributed by atoms with Gasteiger partial charge >= 0.3 is 0 Å². The summed E-state index contributed by atoms with van der Waals surface area (Å²) >= 11 is 0. The second-order valence-electron chi connectivity index (χ2n) is 10.4. The Bertz CT molecular complexity index is 1040. The molecule has 0 aromatic heterocycles. The number of hydrogen-bond donors (Lipinski definition) is 0. The minimum Gasteiger partial charge on any atom is -0.484 e. The maximum atomic E-state index is 14.8. The highest BCUT2D eigenvalue weighted by Gasteiger charge is 2.33. The molecule has 3 nitrogen and oxygen atoms in total. The van der Waals surface area contributed by atoms with E-state index in [9.17, 15) is 22.0 Å². The highest BCUT2D eigenvalue weighted by atomic mass is 19.3. The summed E-state index contributed by atoms with van der Waals surface area (Å²) in [6.07, 6.45) is 4.41. The van der Waals surface area contributed by atoms with Crippen molar-refractivity contribution in [3.63, 3.8) is 0 Å². The second kappa shape index (κ2) is 12.1. The van der Waals surface area contributed by atoms with E-state index in [2.05, 4.69) is 6.92 Å². The Morgan fingerprint density at radius 3 is 2.24 bits per heavy atom. The van der Waals surface area contributed by atoms with Crippen molar-refractivity contribution in [3.05, 3.63) is 64.5 Å². The van der Waals surface area contributed by atoms with Gasteiger partial charge in [0.2, 0.25) is 5.82 Å². The van der Waals surface area contributed by atoms with E-state index in [-0.39, 0.29) is 35.2 Å². The molecule has 8 heteroatoms. The highest BCUT2D eigenvalue weighted by Crippen LogP contribution is 2.35. The summed E-state index contributed by atoms with van der Waals surface area (Å²) in [5, 5.41) is 0. The Balaban J connectivity index is 1.35. The highest BCUT2D eigenvalue weighted by molar-refractivity contribution is 5.34. The van der Waals surface area contributed by atoms with E-state index in [4.69, 9.17) is 14.2 Å². The van der Waals surface area contributed by atoms with Gasteiger partial charge in [-0.25, -0.2) is 17.6 Å². The molecule has 2 saturated heterocycles. The normalized spacial score (nSPS) is 24.7. The average molecular weight is 527 g/mol. The van der Waals surface area contributed by atoms with Crippen LogP contribution in [0.25, 0.3) is 0 Å². The molecule has 2 aliphatic rings. The van der Waals surface area contributed by atoms with E-state index in [0.717, 1.165) is 38.2 Å². The van der Waals surface area contributed by atoms with Crippen molar-refractivity contribution in [3.8, 4) is 5.75 Å². The maximum Gasteiger partial charge on any atom is 0.285 e. The molecule has 2 fully saturated rings. The molecule has 2 heterocycles. The first-order chi connectivity index (χ1) is 17.7. The van der Waals surface area contributed by atoms with Gasteiger partial charge in [-0.1, -0.05) is 31.5 Å². The van der Waals surface area contributed by atoms with E-state index >= 15 is 0 Å². The molecule has 0 N–H and O–H groups in total. The largest absolute Gasteiger partial charge is 0.484 e. The van der Waals surface area contributed by atoms with Crippen LogP contribution < -0.4 is 4.74 Å². The van der Waals surface area contributed by atoms with Crippen molar-refractivity contribution >= 4 is 0 Å². The summed E-state index contributed by atoms with van der Waals surface area (Å²) in [6.45, 7) is 3.56. The zero-order valence-electron chi connectivity index (χ0n) is 21.4. The van der Waals surface area contributed by atoms with Gasteiger partial charge in [-0.05, 0) is 67.9 Å². The predicted molar refractivity (Wildman–Crippen MR) is 131 cm³/mol. The molecule has 0 amide bonds. The minimum atomic E-state index is -3.41. The molecule has 2 aliphatic heterocycles. The SMILES string of the molecule is CCCC1CCC(c2ccc(OCC(F)(F)Cc3ccc(C4CCC(C)OC4)c(F)c3)c(F)c2F)CO1. The number of hydrogen-bond acceptors (Lipinski definition) is 3. The molecule has 4 rings (SSSR count). The molecule has 2 aromatic carbocycles. The van der Waals surface area contributed by atoms with Gasteiger partial charge in [0.25, 0.3) is 5.92 Å².